The summed E-state index contributed by atoms with van der Waals surface area (Å²) >= 11 is 0. The van der Waals surface area contributed by atoms with E-state index in [0.29, 0.717) is 16.6 Å². The van der Waals surface area contributed by atoms with Crippen molar-refractivity contribution in [2.75, 3.05) is 11.9 Å². The number of nitro groups is 1. The molecule has 0 aliphatic carbocycles. The first-order valence-electron chi connectivity index (χ1n) is 5.53. The molecule has 94 valence electrons. The monoisotopic (exact) mass is 247 g/mol. The lowest BCUT2D eigenvalue weighted by molar-refractivity contribution is -0.383. The van der Waals surface area contributed by atoms with Gasteiger partial charge < -0.3 is 10.4 Å². The third kappa shape index (κ3) is 2.23. The Morgan fingerprint density at radius 1 is 1.50 bits per heavy atom. The van der Waals surface area contributed by atoms with Gasteiger partial charge in [-0.15, -0.1) is 0 Å². The second-order valence-electron chi connectivity index (χ2n) is 4.02. The van der Waals surface area contributed by atoms with E-state index in [0.717, 1.165) is 0 Å². The Balaban J connectivity index is 2.57. The van der Waals surface area contributed by atoms with Crippen LogP contribution in [0.2, 0.25) is 0 Å². The lowest BCUT2D eigenvalue weighted by Crippen LogP contribution is -2.19. The standard InChI is InChI=1S/C12H13N3O3/c1-8(7-16)14-10-4-5-11(15(17)18)9-3-2-6-13-12(9)10/h2-6,8,14,16H,7H2,1H3. The SMILES string of the molecule is CC(CO)Nc1ccc([N+](=O)[O-])c2cccnc12. The zero-order valence-corrected chi connectivity index (χ0v) is 9.83. The number of nitrogens with one attached hydrogen (secondary N) is 1. The maximum Gasteiger partial charge on any atom is 0.278 e. The fraction of sp³-hybridized carbons (Fsp3) is 0.250. The molecule has 2 aromatic rings. The van der Waals surface area contributed by atoms with E-state index in [9.17, 15) is 10.1 Å². The molecule has 0 radical (unpaired) electrons. The molecule has 0 bridgehead atoms. The van der Waals surface area contributed by atoms with Crippen LogP contribution in [0, 0.1) is 10.1 Å². The van der Waals surface area contributed by atoms with Crippen molar-refractivity contribution < 1.29 is 10.0 Å². The van der Waals surface area contributed by atoms with Crippen LogP contribution in [0.3, 0.4) is 0 Å². The number of nitro benzene ring substituents is 1. The first kappa shape index (κ1) is 12.3. The number of aliphatic hydroxyl groups is 1. The Kier molecular flexibility index (Phi) is 3.38. The largest absolute Gasteiger partial charge is 0.394 e. The second-order valence-corrected chi connectivity index (χ2v) is 4.02. The van der Waals surface area contributed by atoms with Crippen molar-refractivity contribution in [1.29, 1.82) is 0 Å². The fourth-order valence-electron chi connectivity index (χ4n) is 1.74. The highest BCUT2D eigenvalue weighted by Crippen LogP contribution is 2.29. The highest BCUT2D eigenvalue weighted by Gasteiger charge is 2.15. The summed E-state index contributed by atoms with van der Waals surface area (Å²) in [5, 5.41) is 23.5. The smallest absolute Gasteiger partial charge is 0.278 e. The van der Waals surface area contributed by atoms with Crippen molar-refractivity contribution in [3.05, 3.63) is 40.6 Å². The van der Waals surface area contributed by atoms with Gasteiger partial charge in [-0.05, 0) is 25.1 Å². The lowest BCUT2D eigenvalue weighted by Gasteiger charge is -2.13. The van der Waals surface area contributed by atoms with Gasteiger partial charge in [-0.3, -0.25) is 15.1 Å². The minimum absolute atomic E-state index is 0.0225. The van der Waals surface area contributed by atoms with Crippen LogP contribution in [0.4, 0.5) is 11.4 Å². The van der Waals surface area contributed by atoms with Crippen LogP contribution >= 0.6 is 0 Å². The topological polar surface area (TPSA) is 88.3 Å². The van der Waals surface area contributed by atoms with E-state index < -0.39 is 4.92 Å². The van der Waals surface area contributed by atoms with Crippen LogP contribution in [0.1, 0.15) is 6.92 Å². The predicted molar refractivity (Wildman–Crippen MR) is 68.6 cm³/mol. The van der Waals surface area contributed by atoms with Crippen molar-refractivity contribution >= 4 is 22.3 Å². The number of fused-ring (bicyclic) bond motifs is 1. The molecular formula is C12H13N3O3. The molecule has 1 aromatic heterocycles. The highest BCUT2D eigenvalue weighted by atomic mass is 16.6. The first-order valence-corrected chi connectivity index (χ1v) is 5.53. The summed E-state index contributed by atoms with van der Waals surface area (Å²) in [6.45, 7) is 1.79. The first-order chi connectivity index (χ1) is 8.63. The lowest BCUT2D eigenvalue weighted by atomic mass is 10.1. The number of hydrogen-bond acceptors (Lipinski definition) is 5. The predicted octanol–water partition coefficient (Wildman–Crippen LogP) is 1.94. The third-order valence-electron chi connectivity index (χ3n) is 2.62. The number of anilines is 1. The van der Waals surface area contributed by atoms with Gasteiger partial charge in [-0.1, -0.05) is 0 Å². The number of hydrogen-bond donors (Lipinski definition) is 2. The summed E-state index contributed by atoms with van der Waals surface area (Å²) in [6, 6.07) is 6.23. The van der Waals surface area contributed by atoms with Crippen molar-refractivity contribution in [3.8, 4) is 0 Å². The van der Waals surface area contributed by atoms with Crippen LogP contribution in [0.5, 0.6) is 0 Å². The Morgan fingerprint density at radius 2 is 2.28 bits per heavy atom. The minimum atomic E-state index is -0.427. The van der Waals surface area contributed by atoms with Gasteiger partial charge in [-0.2, -0.15) is 0 Å². The van der Waals surface area contributed by atoms with E-state index in [1.54, 1.807) is 24.4 Å². The zero-order valence-electron chi connectivity index (χ0n) is 9.83. The van der Waals surface area contributed by atoms with Crippen molar-refractivity contribution in [2.45, 2.75) is 13.0 Å². The Morgan fingerprint density at radius 3 is 2.94 bits per heavy atom. The molecule has 18 heavy (non-hydrogen) atoms. The summed E-state index contributed by atoms with van der Waals surface area (Å²) in [4.78, 5) is 14.7. The molecule has 0 aliphatic heterocycles. The molecule has 0 saturated carbocycles. The summed E-state index contributed by atoms with van der Waals surface area (Å²) < 4.78 is 0. The maximum atomic E-state index is 10.9. The van der Waals surface area contributed by atoms with E-state index >= 15 is 0 Å². The second kappa shape index (κ2) is 4.97. The van der Waals surface area contributed by atoms with Gasteiger partial charge in [0.05, 0.1) is 22.6 Å². The number of benzene rings is 1. The van der Waals surface area contributed by atoms with Crippen LogP contribution < -0.4 is 5.32 Å². The van der Waals surface area contributed by atoms with Gasteiger partial charge in [0.15, 0.2) is 0 Å². The van der Waals surface area contributed by atoms with E-state index in [-0.39, 0.29) is 18.3 Å². The molecular weight excluding hydrogens is 234 g/mol. The molecule has 2 N–H and O–H groups in total. The van der Waals surface area contributed by atoms with Gasteiger partial charge in [0.1, 0.15) is 5.52 Å². The van der Waals surface area contributed by atoms with Crippen molar-refractivity contribution in [2.24, 2.45) is 0 Å². The zero-order chi connectivity index (χ0) is 13.1. The van der Waals surface area contributed by atoms with Crippen LogP contribution in [0.15, 0.2) is 30.5 Å². The number of aromatic nitrogens is 1. The van der Waals surface area contributed by atoms with Gasteiger partial charge in [0.2, 0.25) is 0 Å². The molecule has 0 spiro atoms. The fourth-order valence-corrected chi connectivity index (χ4v) is 1.74. The Labute approximate surface area is 103 Å². The van der Waals surface area contributed by atoms with Gasteiger partial charge >= 0.3 is 0 Å². The Hall–Kier alpha value is -2.21. The number of non-ortho nitro benzene ring substituents is 1. The summed E-state index contributed by atoms with van der Waals surface area (Å²) in [5.74, 6) is 0. The molecule has 0 aliphatic rings. The maximum absolute atomic E-state index is 10.9. The van der Waals surface area contributed by atoms with E-state index in [1.165, 1.54) is 6.07 Å². The molecule has 1 heterocycles. The molecule has 1 aromatic carbocycles. The molecule has 1 unspecified atom stereocenters. The average Bonchev–Trinajstić information content (AvgIpc) is 2.38. The van der Waals surface area contributed by atoms with Crippen molar-refractivity contribution in [1.82, 2.24) is 4.98 Å². The van der Waals surface area contributed by atoms with Gasteiger partial charge in [0, 0.05) is 18.3 Å². The number of aliphatic hydroxyl groups excluding tert-OH is 1. The average molecular weight is 247 g/mol. The number of nitrogens with zero attached hydrogens (tertiary/aromatic N) is 2. The van der Waals surface area contributed by atoms with Crippen LogP contribution in [0.25, 0.3) is 10.9 Å². The molecule has 1 atom stereocenters. The molecule has 0 amide bonds. The minimum Gasteiger partial charge on any atom is -0.394 e. The number of rotatable bonds is 4. The third-order valence-corrected chi connectivity index (χ3v) is 2.62. The van der Waals surface area contributed by atoms with E-state index in [2.05, 4.69) is 10.3 Å². The molecule has 6 nitrogen and oxygen atoms in total. The van der Waals surface area contributed by atoms with E-state index in [1.807, 2.05) is 6.92 Å². The van der Waals surface area contributed by atoms with E-state index in [4.69, 9.17) is 5.11 Å². The van der Waals surface area contributed by atoms with Crippen molar-refractivity contribution in [3.63, 3.8) is 0 Å². The Bertz CT molecular complexity index is 586. The summed E-state index contributed by atoms with van der Waals surface area (Å²) in [7, 11) is 0. The van der Waals surface area contributed by atoms with Gasteiger partial charge in [-0.25, -0.2) is 0 Å². The normalized spacial score (nSPS) is 12.3. The molecule has 0 fully saturated rings. The molecule has 2 rings (SSSR count). The summed E-state index contributed by atoms with van der Waals surface area (Å²) in [6.07, 6.45) is 1.58. The molecule has 0 saturated heterocycles. The number of pyridine rings is 1. The summed E-state index contributed by atoms with van der Waals surface area (Å²) in [5.41, 5.74) is 1.24. The van der Waals surface area contributed by atoms with Gasteiger partial charge in [0.25, 0.3) is 5.69 Å². The van der Waals surface area contributed by atoms with Crippen LogP contribution in [-0.2, 0) is 0 Å². The highest BCUT2D eigenvalue weighted by molar-refractivity contribution is 5.96. The quantitative estimate of drug-likeness (QED) is 0.636. The molecule has 6 heteroatoms. The van der Waals surface area contributed by atoms with Crippen LogP contribution in [-0.4, -0.2) is 27.7 Å².